The highest BCUT2D eigenvalue weighted by atomic mass is 35.5. The van der Waals surface area contributed by atoms with Crippen molar-refractivity contribution in [3.63, 3.8) is 0 Å². The van der Waals surface area contributed by atoms with Crippen LogP contribution in [0.25, 0.3) is 16.5 Å². The number of hydrogen-bond acceptors (Lipinski definition) is 6. The van der Waals surface area contributed by atoms with Gasteiger partial charge in [-0.25, -0.2) is 4.68 Å². The van der Waals surface area contributed by atoms with Gasteiger partial charge in [0, 0.05) is 41.0 Å². The third kappa shape index (κ3) is 5.58. The van der Waals surface area contributed by atoms with Gasteiger partial charge in [0.05, 0.1) is 17.6 Å². The summed E-state index contributed by atoms with van der Waals surface area (Å²) >= 11 is 6.48. The third-order valence-corrected chi connectivity index (χ3v) is 7.91. The molecule has 1 atom stereocenters. The molecule has 2 N–H and O–H groups in total. The Kier molecular flexibility index (Phi) is 7.51. The molecule has 1 aromatic heterocycles. The molecule has 4 aromatic carbocycles. The standard InChI is InChI=1S/C34H32ClN5O4/c1-20-6-5-7-26-29(44-34(2,3)4)16-28-31(30(20)26)22(17-35)18-39(28)33(43)27-19-40(38-37-27)24-12-10-23(11-13-24)36-32(42)21-8-14-25(41)15-9-21/h5-16,19,22,41H,17-18H2,1-4H3,(H,36,42)/t22-/m1/s1. The van der Waals surface area contributed by atoms with Crippen molar-refractivity contribution in [3.8, 4) is 17.2 Å². The number of nitrogens with zero attached hydrogens (tertiary/aromatic N) is 4. The molecule has 5 aromatic rings. The number of amides is 2. The van der Waals surface area contributed by atoms with E-state index in [0.717, 1.165) is 27.6 Å². The molecule has 44 heavy (non-hydrogen) atoms. The Labute approximate surface area is 260 Å². The number of anilines is 2. The highest BCUT2D eigenvalue weighted by molar-refractivity contribution is 6.19. The predicted molar refractivity (Wildman–Crippen MR) is 172 cm³/mol. The van der Waals surface area contributed by atoms with Gasteiger partial charge in [-0.1, -0.05) is 23.4 Å². The monoisotopic (exact) mass is 609 g/mol. The Bertz CT molecular complexity index is 1880. The van der Waals surface area contributed by atoms with E-state index >= 15 is 0 Å². The summed E-state index contributed by atoms with van der Waals surface area (Å²) in [5.74, 6) is 0.532. The quantitative estimate of drug-likeness (QED) is 0.204. The summed E-state index contributed by atoms with van der Waals surface area (Å²) in [4.78, 5) is 28.2. The number of aromatic hydroxyl groups is 1. The lowest BCUT2D eigenvalue weighted by Crippen LogP contribution is -2.30. The Morgan fingerprint density at radius 2 is 1.80 bits per heavy atom. The van der Waals surface area contributed by atoms with Gasteiger partial charge in [0.15, 0.2) is 5.69 Å². The molecular weight excluding hydrogens is 578 g/mol. The fourth-order valence-electron chi connectivity index (χ4n) is 5.56. The Balaban J connectivity index is 1.27. The molecule has 0 saturated carbocycles. The number of alkyl halides is 1. The maximum atomic E-state index is 13.9. The second-order valence-electron chi connectivity index (χ2n) is 11.9. The zero-order chi connectivity index (χ0) is 31.2. The van der Waals surface area contributed by atoms with E-state index in [1.54, 1.807) is 47.5 Å². The number of phenolic OH excluding ortho intramolecular Hbond substituents is 1. The van der Waals surface area contributed by atoms with Gasteiger partial charge in [-0.2, -0.15) is 0 Å². The molecule has 10 heteroatoms. The van der Waals surface area contributed by atoms with Gasteiger partial charge in [-0.15, -0.1) is 16.7 Å². The molecule has 0 aliphatic carbocycles. The number of benzene rings is 4. The number of ether oxygens (including phenoxy) is 1. The van der Waals surface area contributed by atoms with E-state index in [4.69, 9.17) is 16.3 Å². The van der Waals surface area contributed by atoms with E-state index in [2.05, 4.69) is 34.7 Å². The number of fused-ring (bicyclic) bond motifs is 3. The van der Waals surface area contributed by atoms with E-state index in [-0.39, 0.29) is 29.2 Å². The zero-order valence-electron chi connectivity index (χ0n) is 24.8. The van der Waals surface area contributed by atoms with Gasteiger partial charge < -0.3 is 20.1 Å². The van der Waals surface area contributed by atoms with Crippen molar-refractivity contribution in [2.24, 2.45) is 0 Å². The van der Waals surface area contributed by atoms with Crippen LogP contribution in [0.3, 0.4) is 0 Å². The number of aryl methyl sites for hydroxylation is 1. The molecular formula is C34H32ClN5O4. The van der Waals surface area contributed by atoms with Gasteiger partial charge in [0.2, 0.25) is 0 Å². The molecule has 0 radical (unpaired) electrons. The number of hydrogen-bond donors (Lipinski definition) is 2. The molecule has 1 aliphatic heterocycles. The van der Waals surface area contributed by atoms with Crippen LogP contribution in [0.15, 0.2) is 79.0 Å². The molecule has 0 unspecified atom stereocenters. The first-order valence-corrected chi connectivity index (χ1v) is 14.8. The van der Waals surface area contributed by atoms with Crippen molar-refractivity contribution in [2.45, 2.75) is 39.2 Å². The second kappa shape index (κ2) is 11.3. The molecule has 2 heterocycles. The van der Waals surface area contributed by atoms with Crippen molar-refractivity contribution >= 4 is 45.6 Å². The molecule has 224 valence electrons. The molecule has 0 bridgehead atoms. The lowest BCUT2D eigenvalue weighted by Gasteiger charge is -2.25. The topological polar surface area (TPSA) is 110 Å². The largest absolute Gasteiger partial charge is 0.508 e. The summed E-state index contributed by atoms with van der Waals surface area (Å²) in [5.41, 5.74) is 4.34. The number of carbonyl (C=O) groups excluding carboxylic acids is 2. The number of nitrogens with one attached hydrogen (secondary N) is 1. The third-order valence-electron chi connectivity index (χ3n) is 7.53. The Morgan fingerprint density at radius 3 is 2.48 bits per heavy atom. The van der Waals surface area contributed by atoms with Gasteiger partial charge in [-0.3, -0.25) is 9.59 Å². The molecule has 1 aliphatic rings. The summed E-state index contributed by atoms with van der Waals surface area (Å²) < 4.78 is 7.91. The van der Waals surface area contributed by atoms with E-state index < -0.39 is 5.60 Å². The summed E-state index contributed by atoms with van der Waals surface area (Å²) in [6, 6.07) is 21.1. The summed E-state index contributed by atoms with van der Waals surface area (Å²) in [6.07, 6.45) is 1.60. The lowest BCUT2D eigenvalue weighted by atomic mass is 9.92. The normalized spacial score (nSPS) is 14.5. The summed E-state index contributed by atoms with van der Waals surface area (Å²) in [6.45, 7) is 8.49. The minimum absolute atomic E-state index is 0.0534. The van der Waals surface area contributed by atoms with E-state index in [1.807, 2.05) is 32.9 Å². The first-order chi connectivity index (χ1) is 21.0. The molecule has 0 spiro atoms. The minimum atomic E-state index is -0.434. The summed E-state index contributed by atoms with van der Waals surface area (Å²) in [7, 11) is 0. The van der Waals surface area contributed by atoms with Crippen LogP contribution in [0.1, 0.15) is 58.7 Å². The highest BCUT2D eigenvalue weighted by Crippen LogP contribution is 2.47. The van der Waals surface area contributed by atoms with Crippen LogP contribution in [0.4, 0.5) is 11.4 Å². The van der Waals surface area contributed by atoms with Crippen LogP contribution >= 0.6 is 11.6 Å². The Hall–Kier alpha value is -4.89. The van der Waals surface area contributed by atoms with Crippen LogP contribution < -0.4 is 15.0 Å². The summed E-state index contributed by atoms with van der Waals surface area (Å²) in [5, 5.41) is 22.7. The number of carbonyl (C=O) groups is 2. The minimum Gasteiger partial charge on any atom is -0.508 e. The molecule has 0 fully saturated rings. The van der Waals surface area contributed by atoms with Crippen molar-refractivity contribution in [1.29, 1.82) is 0 Å². The van der Waals surface area contributed by atoms with Crippen LogP contribution in [-0.2, 0) is 0 Å². The fourth-order valence-corrected chi connectivity index (χ4v) is 5.81. The smallest absolute Gasteiger partial charge is 0.280 e. The van der Waals surface area contributed by atoms with Crippen LogP contribution in [-0.4, -0.2) is 49.9 Å². The maximum absolute atomic E-state index is 13.9. The molecule has 0 saturated heterocycles. The zero-order valence-corrected chi connectivity index (χ0v) is 25.6. The average molecular weight is 610 g/mol. The highest BCUT2D eigenvalue weighted by Gasteiger charge is 2.37. The Morgan fingerprint density at radius 1 is 1.07 bits per heavy atom. The number of rotatable bonds is 6. The van der Waals surface area contributed by atoms with Crippen molar-refractivity contribution in [1.82, 2.24) is 15.0 Å². The van der Waals surface area contributed by atoms with E-state index in [0.29, 0.717) is 35.1 Å². The van der Waals surface area contributed by atoms with Crippen molar-refractivity contribution in [2.75, 3.05) is 22.6 Å². The van der Waals surface area contributed by atoms with E-state index in [1.165, 1.54) is 16.8 Å². The second-order valence-corrected chi connectivity index (χ2v) is 12.2. The van der Waals surface area contributed by atoms with Gasteiger partial charge in [0.25, 0.3) is 11.8 Å². The first kappa shape index (κ1) is 29.2. The first-order valence-electron chi connectivity index (χ1n) is 14.3. The SMILES string of the molecule is Cc1cccc2c(OC(C)(C)C)cc3c(c12)[C@H](CCl)CN3C(=O)c1cn(-c2ccc(NC(=O)c3ccc(O)cc3)cc2)nn1. The number of aromatic nitrogens is 3. The lowest BCUT2D eigenvalue weighted by molar-refractivity contribution is 0.0982. The van der Waals surface area contributed by atoms with Crippen LogP contribution in [0, 0.1) is 6.92 Å². The molecule has 6 rings (SSSR count). The van der Waals surface area contributed by atoms with Gasteiger partial charge in [0.1, 0.15) is 17.1 Å². The van der Waals surface area contributed by atoms with Crippen molar-refractivity contribution in [3.05, 3.63) is 101 Å². The average Bonchev–Trinajstić information content (AvgIpc) is 3.62. The van der Waals surface area contributed by atoms with Crippen molar-refractivity contribution < 1.29 is 19.4 Å². The predicted octanol–water partition coefficient (Wildman–Crippen LogP) is 6.85. The van der Waals surface area contributed by atoms with Gasteiger partial charge in [-0.05, 0) is 92.7 Å². The van der Waals surface area contributed by atoms with Crippen LogP contribution in [0.5, 0.6) is 11.5 Å². The fraction of sp³-hybridized carbons (Fsp3) is 0.235. The van der Waals surface area contributed by atoms with Gasteiger partial charge >= 0.3 is 0 Å². The maximum Gasteiger partial charge on any atom is 0.280 e. The number of halogens is 1. The molecule has 2 amide bonds. The van der Waals surface area contributed by atoms with E-state index in [9.17, 15) is 14.7 Å². The van der Waals surface area contributed by atoms with Crippen LogP contribution in [0.2, 0.25) is 0 Å². The molecule has 9 nitrogen and oxygen atoms in total. The number of phenols is 1.